The zero-order chi connectivity index (χ0) is 20.6. The number of aliphatic hydroxyl groups is 1. The molecule has 5 nitrogen and oxygen atoms in total. The fourth-order valence-electron chi connectivity index (χ4n) is 8.92. The minimum Gasteiger partial charge on any atom is -0.450 e. The van der Waals surface area contributed by atoms with Crippen LogP contribution in [0, 0.1) is 46.8 Å². The van der Waals surface area contributed by atoms with Crippen molar-refractivity contribution in [3.05, 3.63) is 11.6 Å². The second kappa shape index (κ2) is 6.57. The van der Waals surface area contributed by atoms with E-state index in [1.165, 1.54) is 5.57 Å². The second-order valence-electron chi connectivity index (χ2n) is 10.6. The molecule has 0 aromatic carbocycles. The largest absolute Gasteiger partial charge is 0.505 e. The average Bonchev–Trinajstić information content (AvgIpc) is 3.43. The fraction of sp³-hybridized carbons (Fsp3) is 0.833. The van der Waals surface area contributed by atoms with Crippen molar-refractivity contribution in [1.82, 2.24) is 0 Å². The molecule has 0 aromatic rings. The normalized spacial score (nSPS) is 50.0. The molecule has 0 aromatic heterocycles. The van der Waals surface area contributed by atoms with Gasteiger partial charge in [-0.15, -0.1) is 0 Å². The Kier molecular flexibility index (Phi) is 4.44. The number of hydrogen-bond acceptors (Lipinski definition) is 4. The number of ether oxygens (including phenoxy) is 1. The van der Waals surface area contributed by atoms with Crippen molar-refractivity contribution in [2.24, 2.45) is 46.8 Å². The molecule has 5 aliphatic carbocycles. The van der Waals surface area contributed by atoms with Crippen LogP contribution < -0.4 is 0 Å². The van der Waals surface area contributed by atoms with E-state index in [0.717, 1.165) is 38.5 Å². The Morgan fingerprint density at radius 3 is 2.83 bits per heavy atom. The number of rotatable bonds is 4. The molecule has 0 unspecified atom stereocenters. The van der Waals surface area contributed by atoms with Crippen molar-refractivity contribution in [1.29, 1.82) is 0 Å². The minimum atomic E-state index is -1.25. The van der Waals surface area contributed by atoms with Crippen LogP contribution in [0.3, 0.4) is 0 Å². The van der Waals surface area contributed by atoms with Crippen LogP contribution >= 0.6 is 0 Å². The van der Waals surface area contributed by atoms with E-state index in [4.69, 9.17) is 9.84 Å². The van der Waals surface area contributed by atoms with Crippen LogP contribution in [0.15, 0.2) is 11.6 Å². The summed E-state index contributed by atoms with van der Waals surface area (Å²) in [5.41, 5.74) is 0.494. The SMILES string of the molecule is CC[C@]12CC[C@H]3[C@H]([C@@H]1[C@H]1C[C@H]1[C@@]2(O)CCOC(=O)O)[C@@H](C)CC1=CC(=O)CC[C@@H]13. The van der Waals surface area contributed by atoms with E-state index >= 15 is 0 Å². The second-order valence-corrected chi connectivity index (χ2v) is 10.6. The molecule has 0 amide bonds. The molecule has 160 valence electrons. The molecule has 0 heterocycles. The van der Waals surface area contributed by atoms with Crippen molar-refractivity contribution in [3.8, 4) is 0 Å². The standard InChI is InChI=1S/C24H34O5/c1-3-23-7-6-17-16-5-4-15(25)11-14(16)10-13(2)20(17)21(23)18-12-19(18)24(23,28)8-9-29-22(26)27/h11,13,16-21,28H,3-10,12H2,1-2H3,(H,26,27)/t13-,16-,17+,18-,19+,20+,21-,23-,24-/m0/s1. The molecule has 0 bridgehead atoms. The van der Waals surface area contributed by atoms with Crippen LogP contribution in [0.25, 0.3) is 0 Å². The van der Waals surface area contributed by atoms with Gasteiger partial charge in [0.1, 0.15) is 0 Å². The first kappa shape index (κ1) is 19.6. The lowest BCUT2D eigenvalue weighted by atomic mass is 9.46. The molecule has 0 radical (unpaired) electrons. The molecule has 4 saturated carbocycles. The highest BCUT2D eigenvalue weighted by molar-refractivity contribution is 5.91. The van der Waals surface area contributed by atoms with Crippen LogP contribution in [0.5, 0.6) is 0 Å². The Balaban J connectivity index is 1.47. The fourth-order valence-corrected chi connectivity index (χ4v) is 8.92. The summed E-state index contributed by atoms with van der Waals surface area (Å²) in [5, 5.41) is 20.9. The van der Waals surface area contributed by atoms with Crippen LogP contribution in [0.2, 0.25) is 0 Å². The van der Waals surface area contributed by atoms with Gasteiger partial charge in [-0.2, -0.15) is 0 Å². The van der Waals surface area contributed by atoms with Crippen molar-refractivity contribution in [2.75, 3.05) is 6.61 Å². The highest BCUT2D eigenvalue weighted by Gasteiger charge is 2.76. The summed E-state index contributed by atoms with van der Waals surface area (Å²) in [7, 11) is 0. The Hall–Kier alpha value is -1.36. The molecule has 2 N–H and O–H groups in total. The van der Waals surface area contributed by atoms with Gasteiger partial charge in [0.25, 0.3) is 0 Å². The Morgan fingerprint density at radius 2 is 2.10 bits per heavy atom. The summed E-state index contributed by atoms with van der Waals surface area (Å²) in [6, 6.07) is 0. The number of fused-ring (bicyclic) bond motifs is 7. The third kappa shape index (κ3) is 2.62. The number of hydrogen-bond donors (Lipinski definition) is 2. The van der Waals surface area contributed by atoms with Gasteiger partial charge in [-0.1, -0.05) is 19.4 Å². The average molecular weight is 403 g/mol. The molecule has 29 heavy (non-hydrogen) atoms. The van der Waals surface area contributed by atoms with Crippen molar-refractivity contribution in [2.45, 2.75) is 70.8 Å². The summed E-state index contributed by atoms with van der Waals surface area (Å²) in [6.45, 7) is 4.67. The molecule has 5 aliphatic rings. The van der Waals surface area contributed by atoms with Crippen molar-refractivity contribution in [3.63, 3.8) is 0 Å². The Morgan fingerprint density at radius 1 is 1.31 bits per heavy atom. The number of ketones is 1. The smallest absolute Gasteiger partial charge is 0.450 e. The summed E-state index contributed by atoms with van der Waals surface area (Å²) in [5.74, 6) is 4.08. The maximum atomic E-state index is 12.0. The molecule has 0 saturated heterocycles. The lowest BCUT2D eigenvalue weighted by Gasteiger charge is -2.60. The van der Waals surface area contributed by atoms with E-state index in [2.05, 4.69) is 13.8 Å². The molecule has 5 rings (SSSR count). The number of allylic oxidation sites excluding steroid dienone is 1. The maximum Gasteiger partial charge on any atom is 0.505 e. The molecule has 0 spiro atoms. The Bertz CT molecular complexity index is 758. The van der Waals surface area contributed by atoms with Crippen molar-refractivity contribution >= 4 is 11.9 Å². The number of carbonyl (C=O) groups excluding carboxylic acids is 1. The van der Waals surface area contributed by atoms with Crippen LogP contribution in [-0.4, -0.2) is 34.4 Å². The van der Waals surface area contributed by atoms with E-state index in [0.29, 0.717) is 60.1 Å². The van der Waals surface area contributed by atoms with Crippen molar-refractivity contribution < 1.29 is 24.5 Å². The lowest BCUT2D eigenvalue weighted by molar-refractivity contribution is -0.166. The zero-order valence-corrected chi connectivity index (χ0v) is 17.6. The van der Waals surface area contributed by atoms with E-state index < -0.39 is 11.8 Å². The first-order valence-electron chi connectivity index (χ1n) is 11.6. The van der Waals surface area contributed by atoms with Gasteiger partial charge in [-0.25, -0.2) is 4.79 Å². The minimum absolute atomic E-state index is 0.0881. The lowest BCUT2D eigenvalue weighted by Crippen LogP contribution is -2.58. The van der Waals surface area contributed by atoms with Crippen LogP contribution in [0.4, 0.5) is 4.79 Å². The third-order valence-corrected chi connectivity index (χ3v) is 9.84. The topological polar surface area (TPSA) is 83.8 Å². The van der Waals surface area contributed by atoms with Gasteiger partial charge < -0.3 is 14.9 Å². The number of carbonyl (C=O) groups is 2. The van der Waals surface area contributed by atoms with Crippen LogP contribution in [0.1, 0.15) is 65.2 Å². The summed E-state index contributed by atoms with van der Waals surface area (Å²) < 4.78 is 4.83. The van der Waals surface area contributed by atoms with Crippen LogP contribution in [-0.2, 0) is 9.53 Å². The first-order chi connectivity index (χ1) is 13.8. The molecule has 5 heteroatoms. The highest BCUT2D eigenvalue weighted by atomic mass is 16.7. The maximum absolute atomic E-state index is 12.0. The Labute approximate surface area is 172 Å². The summed E-state index contributed by atoms with van der Waals surface area (Å²) in [6.07, 6.45) is 8.05. The van der Waals surface area contributed by atoms with E-state index in [9.17, 15) is 14.7 Å². The summed E-state index contributed by atoms with van der Waals surface area (Å²) in [4.78, 5) is 22.8. The van der Waals surface area contributed by atoms with Gasteiger partial charge in [0.15, 0.2) is 5.78 Å². The number of carboxylic acid groups (broad SMARTS) is 1. The third-order valence-electron chi connectivity index (χ3n) is 9.84. The van der Waals surface area contributed by atoms with Gasteiger partial charge in [-0.3, -0.25) is 4.79 Å². The van der Waals surface area contributed by atoms with Gasteiger partial charge >= 0.3 is 6.16 Å². The molecule has 9 atom stereocenters. The zero-order valence-electron chi connectivity index (χ0n) is 17.6. The highest BCUT2D eigenvalue weighted by Crippen LogP contribution is 2.77. The monoisotopic (exact) mass is 402 g/mol. The van der Waals surface area contributed by atoms with E-state index in [1.807, 2.05) is 6.08 Å². The predicted molar refractivity (Wildman–Crippen MR) is 107 cm³/mol. The van der Waals surface area contributed by atoms with Gasteiger partial charge in [-0.05, 0) is 86.0 Å². The first-order valence-corrected chi connectivity index (χ1v) is 11.6. The van der Waals surface area contributed by atoms with Gasteiger partial charge in [0, 0.05) is 18.3 Å². The molecule has 0 aliphatic heterocycles. The quantitative estimate of drug-likeness (QED) is 0.680. The molecular weight excluding hydrogens is 368 g/mol. The summed E-state index contributed by atoms with van der Waals surface area (Å²) >= 11 is 0. The van der Waals surface area contributed by atoms with Gasteiger partial charge in [0.2, 0.25) is 0 Å². The predicted octanol–water partition coefficient (Wildman–Crippen LogP) is 4.44. The molecule has 4 fully saturated rings. The van der Waals surface area contributed by atoms with E-state index in [1.54, 1.807) is 0 Å². The van der Waals surface area contributed by atoms with E-state index in [-0.39, 0.29) is 12.0 Å². The molecular formula is C24H34O5. The van der Waals surface area contributed by atoms with Gasteiger partial charge in [0.05, 0.1) is 12.2 Å².